The first-order chi connectivity index (χ1) is 6.72. The Bertz CT molecular complexity index is 243. The van der Waals surface area contributed by atoms with Crippen molar-refractivity contribution in [2.75, 3.05) is 6.54 Å². The number of carbonyl (C=O) groups excluding carboxylic acids is 2. The fourth-order valence-electron chi connectivity index (χ4n) is 1.20. The topological polar surface area (TPSA) is 70.6 Å². The van der Waals surface area contributed by atoms with Gasteiger partial charge in [-0.25, -0.2) is 4.79 Å². The molecule has 0 aromatic rings. The molecule has 5 nitrogen and oxygen atoms in total. The van der Waals surface area contributed by atoms with Crippen molar-refractivity contribution in [2.45, 2.75) is 32.6 Å². The Kier molecular flexibility index (Phi) is 4.10. The monoisotopic (exact) mass is 197 g/mol. The second-order valence-electron chi connectivity index (χ2n) is 3.21. The summed E-state index contributed by atoms with van der Waals surface area (Å²) in [7, 11) is 0. The molecular weight excluding hydrogens is 182 g/mol. The molecule has 0 aliphatic carbocycles. The molecule has 5 heteroatoms. The summed E-state index contributed by atoms with van der Waals surface area (Å²) in [6.07, 6.45) is 3.43. The summed E-state index contributed by atoms with van der Waals surface area (Å²) in [4.78, 5) is 25.9. The van der Waals surface area contributed by atoms with Crippen LogP contribution in [0.2, 0.25) is 0 Å². The maximum atomic E-state index is 10.9. The number of amides is 3. The Balaban J connectivity index is 2.35. The third-order valence-corrected chi connectivity index (χ3v) is 1.90. The summed E-state index contributed by atoms with van der Waals surface area (Å²) in [6, 6.07) is -0.476. The molecule has 0 aromatic carbocycles. The lowest BCUT2D eigenvalue weighted by Crippen LogP contribution is -2.49. The highest BCUT2D eigenvalue weighted by Crippen LogP contribution is 1.96. The minimum absolute atomic E-state index is 0.178. The highest BCUT2D eigenvalue weighted by atomic mass is 16.2. The van der Waals surface area contributed by atoms with Crippen LogP contribution >= 0.6 is 0 Å². The molecule has 0 aromatic heterocycles. The van der Waals surface area contributed by atoms with Crippen molar-refractivity contribution in [3.63, 3.8) is 0 Å². The Morgan fingerprint density at radius 3 is 2.71 bits per heavy atom. The van der Waals surface area contributed by atoms with Gasteiger partial charge in [0, 0.05) is 6.54 Å². The number of unbranched alkanes of at least 4 members (excludes halogenated alkanes) is 2. The van der Waals surface area contributed by atoms with Crippen LogP contribution in [0, 0.1) is 0 Å². The number of nitrogens with zero attached hydrogens (tertiary/aromatic N) is 1. The molecule has 0 saturated carbocycles. The molecule has 0 spiro atoms. The number of nitrogens with one attached hydrogen (secondary N) is 2. The highest BCUT2D eigenvalue weighted by molar-refractivity contribution is 6.15. The van der Waals surface area contributed by atoms with Gasteiger partial charge in [-0.15, -0.1) is 0 Å². The fraction of sp³-hybridized carbons (Fsp3) is 0.667. The van der Waals surface area contributed by atoms with Crippen LogP contribution in [0.3, 0.4) is 0 Å². The summed E-state index contributed by atoms with van der Waals surface area (Å²) in [5.74, 6) is 0.192. The first kappa shape index (κ1) is 10.7. The molecule has 1 saturated heterocycles. The van der Waals surface area contributed by atoms with Crippen molar-refractivity contribution in [2.24, 2.45) is 4.99 Å². The summed E-state index contributed by atoms with van der Waals surface area (Å²) >= 11 is 0. The van der Waals surface area contributed by atoms with Crippen LogP contribution in [-0.4, -0.2) is 24.3 Å². The van der Waals surface area contributed by atoms with Gasteiger partial charge in [-0.1, -0.05) is 19.8 Å². The quantitative estimate of drug-likeness (QED) is 0.654. The van der Waals surface area contributed by atoms with Gasteiger partial charge in [0.1, 0.15) is 5.84 Å². The van der Waals surface area contributed by atoms with Gasteiger partial charge in [0.05, 0.1) is 6.42 Å². The Labute approximate surface area is 83.0 Å². The zero-order chi connectivity index (χ0) is 10.4. The summed E-state index contributed by atoms with van der Waals surface area (Å²) < 4.78 is 0. The number of hydrogen-bond acceptors (Lipinski definition) is 3. The average molecular weight is 197 g/mol. The molecule has 0 unspecified atom stereocenters. The number of imide groups is 1. The van der Waals surface area contributed by atoms with Crippen molar-refractivity contribution in [1.29, 1.82) is 0 Å². The Morgan fingerprint density at radius 1 is 1.29 bits per heavy atom. The molecule has 1 aliphatic rings. The van der Waals surface area contributed by atoms with Crippen LogP contribution in [0.25, 0.3) is 0 Å². The second-order valence-corrected chi connectivity index (χ2v) is 3.21. The first-order valence-corrected chi connectivity index (χ1v) is 4.86. The van der Waals surface area contributed by atoms with Gasteiger partial charge in [-0.2, -0.15) is 0 Å². The third kappa shape index (κ3) is 3.55. The highest BCUT2D eigenvalue weighted by Gasteiger charge is 2.18. The SMILES string of the molecule is CCCCCN=C1CC(=O)NC(=O)N1. The summed E-state index contributed by atoms with van der Waals surface area (Å²) in [5.41, 5.74) is 0. The zero-order valence-electron chi connectivity index (χ0n) is 8.30. The van der Waals surface area contributed by atoms with E-state index in [0.29, 0.717) is 12.4 Å². The van der Waals surface area contributed by atoms with Crippen LogP contribution in [-0.2, 0) is 4.79 Å². The number of rotatable bonds is 4. The molecule has 1 rings (SSSR count). The Morgan fingerprint density at radius 2 is 2.07 bits per heavy atom. The predicted molar refractivity (Wildman–Crippen MR) is 53.1 cm³/mol. The third-order valence-electron chi connectivity index (χ3n) is 1.90. The molecular formula is C9H15N3O2. The van der Waals surface area contributed by atoms with Crippen molar-refractivity contribution < 1.29 is 9.59 Å². The summed E-state index contributed by atoms with van der Waals surface area (Å²) in [6.45, 7) is 2.79. The number of aliphatic imine (C=N–C) groups is 1. The lowest BCUT2D eigenvalue weighted by Gasteiger charge is -2.14. The van der Waals surface area contributed by atoms with Crippen LogP contribution < -0.4 is 10.6 Å². The van der Waals surface area contributed by atoms with Gasteiger partial charge in [0.2, 0.25) is 5.91 Å². The van der Waals surface area contributed by atoms with E-state index in [-0.39, 0.29) is 12.3 Å². The average Bonchev–Trinajstić information content (AvgIpc) is 2.11. The predicted octanol–water partition coefficient (Wildman–Crippen LogP) is 0.805. The maximum absolute atomic E-state index is 10.9. The van der Waals surface area contributed by atoms with Crippen LogP contribution in [0.15, 0.2) is 4.99 Å². The van der Waals surface area contributed by atoms with Gasteiger partial charge in [0.25, 0.3) is 0 Å². The molecule has 3 amide bonds. The van der Waals surface area contributed by atoms with Gasteiger partial charge in [-0.3, -0.25) is 20.4 Å². The molecule has 1 fully saturated rings. The van der Waals surface area contributed by atoms with Gasteiger partial charge in [-0.05, 0) is 6.42 Å². The van der Waals surface area contributed by atoms with Crippen molar-refractivity contribution in [1.82, 2.24) is 10.6 Å². The Hall–Kier alpha value is -1.39. The standard InChI is InChI=1S/C9H15N3O2/c1-2-3-4-5-10-7-6-8(13)12-9(14)11-7/h2-6H2,1H3,(H2,10,11,12,13,14). The van der Waals surface area contributed by atoms with Crippen LogP contribution in [0.1, 0.15) is 32.6 Å². The van der Waals surface area contributed by atoms with E-state index in [9.17, 15) is 9.59 Å². The van der Waals surface area contributed by atoms with Crippen LogP contribution in [0.4, 0.5) is 4.79 Å². The molecule has 14 heavy (non-hydrogen) atoms. The van der Waals surface area contributed by atoms with E-state index in [0.717, 1.165) is 19.3 Å². The van der Waals surface area contributed by atoms with E-state index in [1.807, 2.05) is 0 Å². The van der Waals surface area contributed by atoms with Crippen molar-refractivity contribution in [3.05, 3.63) is 0 Å². The van der Waals surface area contributed by atoms with E-state index in [1.54, 1.807) is 0 Å². The van der Waals surface area contributed by atoms with E-state index in [1.165, 1.54) is 0 Å². The molecule has 1 heterocycles. The molecule has 78 valence electrons. The normalized spacial score (nSPS) is 19.4. The molecule has 0 atom stereocenters. The largest absolute Gasteiger partial charge is 0.326 e. The van der Waals surface area contributed by atoms with Crippen LogP contribution in [0.5, 0.6) is 0 Å². The maximum Gasteiger partial charge on any atom is 0.326 e. The van der Waals surface area contributed by atoms with E-state index in [4.69, 9.17) is 0 Å². The number of carbonyl (C=O) groups is 2. The minimum atomic E-state index is -0.476. The molecule has 1 aliphatic heterocycles. The lowest BCUT2D eigenvalue weighted by molar-refractivity contribution is -0.119. The molecule has 0 radical (unpaired) electrons. The zero-order valence-corrected chi connectivity index (χ0v) is 8.30. The molecule has 0 bridgehead atoms. The molecule has 2 N–H and O–H groups in total. The first-order valence-electron chi connectivity index (χ1n) is 4.86. The van der Waals surface area contributed by atoms with Gasteiger partial charge in [0.15, 0.2) is 0 Å². The van der Waals surface area contributed by atoms with Crippen molar-refractivity contribution in [3.8, 4) is 0 Å². The van der Waals surface area contributed by atoms with Gasteiger partial charge >= 0.3 is 6.03 Å². The van der Waals surface area contributed by atoms with Crippen molar-refractivity contribution >= 4 is 17.8 Å². The number of urea groups is 1. The lowest BCUT2D eigenvalue weighted by atomic mass is 10.2. The van der Waals surface area contributed by atoms with Gasteiger partial charge < -0.3 is 0 Å². The van der Waals surface area contributed by atoms with E-state index >= 15 is 0 Å². The van der Waals surface area contributed by atoms with E-state index < -0.39 is 6.03 Å². The minimum Gasteiger partial charge on any atom is -0.295 e. The van der Waals surface area contributed by atoms with E-state index in [2.05, 4.69) is 22.5 Å². The summed E-state index contributed by atoms with van der Waals surface area (Å²) in [5, 5.41) is 4.64. The smallest absolute Gasteiger partial charge is 0.295 e. The fourth-order valence-corrected chi connectivity index (χ4v) is 1.20. The second kappa shape index (κ2) is 5.36. The number of hydrogen-bond donors (Lipinski definition) is 2. The number of amidine groups is 1.